The number of halogens is 2. The van der Waals surface area contributed by atoms with Gasteiger partial charge in [-0.2, -0.15) is 0 Å². The zero-order valence-electron chi connectivity index (χ0n) is 15.9. The van der Waals surface area contributed by atoms with E-state index >= 15 is 0 Å². The monoisotopic (exact) mass is 454 g/mol. The van der Waals surface area contributed by atoms with E-state index in [1.54, 1.807) is 30.3 Å². The van der Waals surface area contributed by atoms with Crippen LogP contribution in [-0.2, 0) is 27.2 Å². The van der Waals surface area contributed by atoms with Gasteiger partial charge in [0, 0.05) is 0 Å². The Labute approximate surface area is 182 Å². The first-order valence-electron chi connectivity index (χ1n) is 8.76. The summed E-state index contributed by atoms with van der Waals surface area (Å²) in [4.78, 5) is 34.2. The molecule has 7 nitrogen and oxygen atoms in total. The number of nitrogens with one attached hydrogen (secondary N) is 1. The molecule has 1 unspecified atom stereocenters. The van der Waals surface area contributed by atoms with Crippen LogP contribution < -0.4 is 15.8 Å². The molecular weight excluding hydrogens is 435 g/mol. The molecule has 1 fully saturated rings. The molecule has 0 saturated carbocycles. The van der Waals surface area contributed by atoms with Gasteiger partial charge < -0.3 is 15.2 Å². The summed E-state index contributed by atoms with van der Waals surface area (Å²) in [5, 5.41) is 1.25. The van der Waals surface area contributed by atoms with Gasteiger partial charge in [0.05, 0.1) is 12.4 Å². The molecular formula is C20H20ClFN2O5S. The molecule has 0 spiro atoms. The lowest BCUT2D eigenvalue weighted by molar-refractivity contribution is -0.142. The van der Waals surface area contributed by atoms with E-state index in [0.717, 1.165) is 17.3 Å². The van der Waals surface area contributed by atoms with Crippen LogP contribution in [0.25, 0.3) is 0 Å². The third kappa shape index (κ3) is 5.94. The van der Waals surface area contributed by atoms with Crippen molar-refractivity contribution < 1.29 is 28.2 Å². The second kappa shape index (κ2) is 10.4. The molecule has 3 N–H and O–H groups in total. The summed E-state index contributed by atoms with van der Waals surface area (Å²) in [5.41, 5.74) is 7.13. The Morgan fingerprint density at radius 1 is 1.20 bits per heavy atom. The normalized spacial score (nSPS) is 16.4. The predicted octanol–water partition coefficient (Wildman–Crippen LogP) is 2.98. The number of ether oxygens (including phenoxy) is 2. The van der Waals surface area contributed by atoms with Gasteiger partial charge in [-0.05, 0) is 48.2 Å². The zero-order valence-corrected chi connectivity index (χ0v) is 17.6. The van der Waals surface area contributed by atoms with Crippen molar-refractivity contribution in [3.63, 3.8) is 0 Å². The average molecular weight is 455 g/mol. The molecule has 1 heterocycles. The molecule has 0 radical (unpaired) electrons. The van der Waals surface area contributed by atoms with Crippen molar-refractivity contribution in [1.29, 1.82) is 0 Å². The largest absolute Gasteiger partial charge is 0.468 e. The standard InChI is InChI=1S/C20H19FN2O5S.ClH/c1-27-19(25)15(22)9-11-2-5-13(6-3-11)28-16-7-4-12(8-14(16)21)10-17-18(24)23-20(26)29-17;/h2-8,15,17H,9-10,22H2,1H3,(H,23,24,26);1H/t15-,17?;/m0./s1. The van der Waals surface area contributed by atoms with Crippen molar-refractivity contribution in [2.75, 3.05) is 7.11 Å². The first kappa shape index (κ1) is 23.7. The SMILES string of the molecule is COC(=O)[C@@H](N)Cc1ccc(Oc2ccc(CC3SC(=O)NC3=O)cc2F)cc1.Cl. The number of benzene rings is 2. The van der Waals surface area contributed by atoms with Crippen LogP contribution in [0.2, 0.25) is 0 Å². The van der Waals surface area contributed by atoms with Gasteiger partial charge in [-0.1, -0.05) is 30.0 Å². The van der Waals surface area contributed by atoms with Crippen LogP contribution in [0.1, 0.15) is 11.1 Å². The molecule has 10 heteroatoms. The minimum absolute atomic E-state index is 0. The molecule has 160 valence electrons. The lowest BCUT2D eigenvalue weighted by atomic mass is 10.1. The van der Waals surface area contributed by atoms with Crippen LogP contribution in [0.15, 0.2) is 42.5 Å². The fourth-order valence-corrected chi connectivity index (χ4v) is 3.66. The molecule has 1 saturated heterocycles. The number of hydrogen-bond donors (Lipinski definition) is 2. The third-order valence-corrected chi connectivity index (χ3v) is 5.28. The Kier molecular flexibility index (Phi) is 8.22. The van der Waals surface area contributed by atoms with E-state index in [9.17, 15) is 18.8 Å². The van der Waals surface area contributed by atoms with Gasteiger partial charge in [-0.3, -0.25) is 19.7 Å². The third-order valence-electron chi connectivity index (χ3n) is 4.30. The van der Waals surface area contributed by atoms with Crippen molar-refractivity contribution in [1.82, 2.24) is 5.32 Å². The van der Waals surface area contributed by atoms with Crippen molar-refractivity contribution in [2.45, 2.75) is 24.1 Å². The van der Waals surface area contributed by atoms with Crippen LogP contribution in [0, 0.1) is 5.82 Å². The highest BCUT2D eigenvalue weighted by atomic mass is 35.5. The summed E-state index contributed by atoms with van der Waals surface area (Å²) in [6.45, 7) is 0. The van der Waals surface area contributed by atoms with Crippen LogP contribution in [0.4, 0.5) is 9.18 Å². The Balaban J connectivity index is 0.00000320. The highest BCUT2D eigenvalue weighted by Gasteiger charge is 2.31. The van der Waals surface area contributed by atoms with E-state index in [4.69, 9.17) is 10.5 Å². The maximum atomic E-state index is 14.4. The average Bonchev–Trinajstić information content (AvgIpc) is 3.01. The minimum Gasteiger partial charge on any atom is -0.468 e. The van der Waals surface area contributed by atoms with Gasteiger partial charge in [-0.25, -0.2) is 4.39 Å². The molecule has 0 bridgehead atoms. The van der Waals surface area contributed by atoms with Crippen LogP contribution in [0.5, 0.6) is 11.5 Å². The first-order valence-corrected chi connectivity index (χ1v) is 9.64. The number of thioether (sulfide) groups is 1. The van der Waals surface area contributed by atoms with Crippen LogP contribution in [-0.4, -0.2) is 35.5 Å². The molecule has 0 aromatic heterocycles. The summed E-state index contributed by atoms with van der Waals surface area (Å²) in [6, 6.07) is 10.4. The van der Waals surface area contributed by atoms with Gasteiger partial charge in [-0.15, -0.1) is 12.4 Å². The number of carbonyl (C=O) groups is 3. The smallest absolute Gasteiger partial charge is 0.322 e. The topological polar surface area (TPSA) is 108 Å². The summed E-state index contributed by atoms with van der Waals surface area (Å²) >= 11 is 0.899. The number of hydrogen-bond acceptors (Lipinski definition) is 7. The van der Waals surface area contributed by atoms with Gasteiger partial charge in [0.25, 0.3) is 5.24 Å². The van der Waals surface area contributed by atoms with Crippen molar-refractivity contribution in [3.8, 4) is 11.5 Å². The zero-order chi connectivity index (χ0) is 21.0. The van der Waals surface area contributed by atoms with Crippen molar-refractivity contribution in [3.05, 3.63) is 59.4 Å². The van der Waals surface area contributed by atoms with Gasteiger partial charge in [0.15, 0.2) is 11.6 Å². The Bertz CT molecular complexity index is 941. The van der Waals surface area contributed by atoms with Crippen LogP contribution in [0.3, 0.4) is 0 Å². The first-order chi connectivity index (χ1) is 13.9. The number of nitrogens with two attached hydrogens (primary N) is 1. The Morgan fingerprint density at radius 3 is 2.43 bits per heavy atom. The molecule has 0 aliphatic carbocycles. The minimum atomic E-state index is -0.757. The van der Waals surface area contributed by atoms with Crippen LogP contribution >= 0.6 is 24.2 Å². The Hall–Kier alpha value is -2.62. The summed E-state index contributed by atoms with van der Waals surface area (Å²) in [5.74, 6) is -0.983. The fourth-order valence-electron chi connectivity index (χ4n) is 2.80. The number of methoxy groups -OCH3 is 1. The van der Waals surface area contributed by atoms with Gasteiger partial charge in [0.2, 0.25) is 5.91 Å². The summed E-state index contributed by atoms with van der Waals surface area (Å²) in [7, 11) is 1.28. The van der Waals surface area contributed by atoms with E-state index < -0.39 is 28.3 Å². The maximum Gasteiger partial charge on any atom is 0.322 e. The summed E-state index contributed by atoms with van der Waals surface area (Å²) in [6.07, 6.45) is 0.555. The van der Waals surface area contributed by atoms with E-state index in [1.165, 1.54) is 19.2 Å². The number of amides is 2. The van der Waals surface area contributed by atoms with E-state index in [-0.39, 0.29) is 30.5 Å². The number of rotatable bonds is 7. The molecule has 3 rings (SSSR count). The van der Waals surface area contributed by atoms with Crippen molar-refractivity contribution >= 4 is 41.3 Å². The highest BCUT2D eigenvalue weighted by molar-refractivity contribution is 8.15. The van der Waals surface area contributed by atoms with E-state index in [2.05, 4.69) is 10.1 Å². The second-order valence-corrected chi connectivity index (χ2v) is 7.61. The highest BCUT2D eigenvalue weighted by Crippen LogP contribution is 2.28. The molecule has 30 heavy (non-hydrogen) atoms. The van der Waals surface area contributed by atoms with Gasteiger partial charge in [0.1, 0.15) is 11.8 Å². The number of esters is 1. The quantitative estimate of drug-likeness (QED) is 0.619. The van der Waals surface area contributed by atoms with E-state index in [0.29, 0.717) is 17.7 Å². The fraction of sp³-hybridized carbons (Fsp3) is 0.250. The van der Waals surface area contributed by atoms with Gasteiger partial charge >= 0.3 is 5.97 Å². The Morgan fingerprint density at radius 2 is 1.87 bits per heavy atom. The number of imide groups is 1. The lowest BCUT2D eigenvalue weighted by Crippen LogP contribution is -2.33. The maximum absolute atomic E-state index is 14.4. The molecule has 1 aliphatic rings. The summed E-state index contributed by atoms with van der Waals surface area (Å²) < 4.78 is 24.6. The number of carbonyl (C=O) groups excluding carboxylic acids is 3. The molecule has 2 amide bonds. The molecule has 2 atom stereocenters. The van der Waals surface area contributed by atoms with E-state index in [1.807, 2.05) is 0 Å². The molecule has 2 aromatic rings. The van der Waals surface area contributed by atoms with Crippen molar-refractivity contribution in [2.24, 2.45) is 5.73 Å². The lowest BCUT2D eigenvalue weighted by Gasteiger charge is -2.11. The molecule has 1 aliphatic heterocycles. The molecule has 2 aromatic carbocycles. The second-order valence-electron chi connectivity index (χ2n) is 6.43. The predicted molar refractivity (Wildman–Crippen MR) is 112 cm³/mol.